The van der Waals surface area contributed by atoms with Crippen LogP contribution in [0, 0.1) is 6.42 Å². The first-order chi connectivity index (χ1) is 5.72. The van der Waals surface area contributed by atoms with E-state index in [0.29, 0.717) is 0 Å². The van der Waals surface area contributed by atoms with Crippen molar-refractivity contribution in [1.82, 2.24) is 0 Å². The van der Waals surface area contributed by atoms with Crippen LogP contribution in [0.1, 0.15) is 18.1 Å². The van der Waals surface area contributed by atoms with Gasteiger partial charge in [-0.2, -0.15) is 0 Å². The Balaban J connectivity index is 2.77. The topological polar surface area (TPSA) is 34.1 Å². The van der Waals surface area contributed by atoms with E-state index < -0.39 is 10.7 Å². The fraction of sp³-hybridized carbons (Fsp3) is 0.222. The summed E-state index contributed by atoms with van der Waals surface area (Å²) >= 11 is 0. The molecule has 1 radical (unpaired) electrons. The summed E-state index contributed by atoms with van der Waals surface area (Å²) in [4.78, 5) is 0. The van der Waals surface area contributed by atoms with Crippen molar-refractivity contribution in [2.24, 2.45) is 0 Å². The lowest BCUT2D eigenvalue weighted by Crippen LogP contribution is -1.86. The summed E-state index contributed by atoms with van der Waals surface area (Å²) in [5.74, 6) is 0.138. The Morgan fingerprint density at radius 1 is 1.25 bits per heavy atom. The van der Waals surface area contributed by atoms with Crippen LogP contribution in [-0.4, -0.2) is 8.42 Å². The van der Waals surface area contributed by atoms with Crippen molar-refractivity contribution in [2.45, 2.75) is 12.7 Å². The summed E-state index contributed by atoms with van der Waals surface area (Å²) in [6, 6.07) is 7.49. The average Bonchev–Trinajstić information content (AvgIpc) is 2.05. The van der Waals surface area contributed by atoms with Crippen LogP contribution in [0.25, 0.3) is 0 Å². The molecular formula is C9H11O2S. The molecule has 2 nitrogen and oxygen atoms in total. The van der Waals surface area contributed by atoms with Crippen LogP contribution in [0.15, 0.2) is 24.3 Å². The molecule has 0 N–H and O–H groups in total. The number of hydrogen-bond donors (Lipinski definition) is 1. The third-order valence-corrected chi connectivity index (χ3v) is 2.25. The minimum Gasteiger partial charge on any atom is -0.232 e. The van der Waals surface area contributed by atoms with Gasteiger partial charge in [0.1, 0.15) is 10.7 Å². The quantitative estimate of drug-likeness (QED) is 0.718. The zero-order chi connectivity index (χ0) is 8.97. The fourth-order valence-electron chi connectivity index (χ4n) is 0.965. The molecule has 0 aliphatic carbocycles. The van der Waals surface area contributed by atoms with Crippen LogP contribution in [0.3, 0.4) is 0 Å². The molecule has 0 bridgehead atoms. The summed E-state index contributed by atoms with van der Waals surface area (Å²) in [6.07, 6.45) is 1.97. The molecule has 0 saturated heterocycles. The number of benzene rings is 1. The molecule has 3 heteroatoms. The van der Waals surface area contributed by atoms with E-state index >= 15 is 0 Å². The number of thiol groups is 1. The molecule has 1 rings (SSSR count). The molecule has 0 aliphatic rings. The van der Waals surface area contributed by atoms with Crippen molar-refractivity contribution in [2.75, 3.05) is 0 Å². The van der Waals surface area contributed by atoms with Crippen LogP contribution in [0.4, 0.5) is 0 Å². The van der Waals surface area contributed by atoms with Crippen LogP contribution in [0.2, 0.25) is 0 Å². The Morgan fingerprint density at radius 2 is 1.83 bits per heavy atom. The lowest BCUT2D eigenvalue weighted by atomic mass is 10.1. The highest BCUT2D eigenvalue weighted by Crippen LogP contribution is 2.06. The van der Waals surface area contributed by atoms with Crippen LogP contribution in [0.5, 0.6) is 0 Å². The Hall–Kier alpha value is -0.830. The van der Waals surface area contributed by atoms with Gasteiger partial charge in [0, 0.05) is 0 Å². The molecule has 0 aliphatic heterocycles. The number of rotatable bonds is 3. The van der Waals surface area contributed by atoms with Gasteiger partial charge in [-0.25, -0.2) is 8.42 Å². The standard InChI is InChI=1S/C9H11O2S/c1-2-8-3-5-9(6-4-8)7-12(10)11/h2-6,12H,7H2,1H3. The fourth-order valence-corrected chi connectivity index (χ4v) is 1.47. The minimum absolute atomic E-state index is 0.138. The summed E-state index contributed by atoms with van der Waals surface area (Å²) < 4.78 is 20.7. The Labute approximate surface area is 74.2 Å². The van der Waals surface area contributed by atoms with Crippen LogP contribution < -0.4 is 0 Å². The van der Waals surface area contributed by atoms with Gasteiger partial charge in [-0.1, -0.05) is 31.2 Å². The van der Waals surface area contributed by atoms with Gasteiger partial charge in [0.05, 0.1) is 5.75 Å². The highest BCUT2D eigenvalue weighted by atomic mass is 32.2. The summed E-state index contributed by atoms with van der Waals surface area (Å²) in [5, 5.41) is 0. The molecule has 12 heavy (non-hydrogen) atoms. The van der Waals surface area contributed by atoms with Gasteiger partial charge in [0.15, 0.2) is 0 Å². The monoisotopic (exact) mass is 183 g/mol. The molecule has 0 fully saturated rings. The summed E-state index contributed by atoms with van der Waals surface area (Å²) in [7, 11) is -2.30. The van der Waals surface area contributed by atoms with E-state index in [-0.39, 0.29) is 5.75 Å². The molecule has 65 valence electrons. The van der Waals surface area contributed by atoms with E-state index in [1.54, 1.807) is 0 Å². The van der Waals surface area contributed by atoms with E-state index in [9.17, 15) is 8.42 Å². The normalized spacial score (nSPS) is 10.5. The van der Waals surface area contributed by atoms with Crippen molar-refractivity contribution < 1.29 is 8.42 Å². The van der Waals surface area contributed by atoms with Gasteiger partial charge in [-0.05, 0) is 17.5 Å². The van der Waals surface area contributed by atoms with Crippen molar-refractivity contribution in [3.63, 3.8) is 0 Å². The second kappa shape index (κ2) is 4.26. The molecule has 0 saturated carbocycles. The molecule has 0 heterocycles. The Kier molecular flexibility index (Phi) is 3.29. The third kappa shape index (κ3) is 2.66. The predicted octanol–water partition coefficient (Wildman–Crippen LogP) is 1.37. The molecule has 1 aromatic carbocycles. The molecule has 0 amide bonds. The highest BCUT2D eigenvalue weighted by Gasteiger charge is 1.93. The zero-order valence-electron chi connectivity index (χ0n) is 6.86. The maximum Gasteiger partial charge on any atom is 0.144 e. The van der Waals surface area contributed by atoms with Gasteiger partial charge in [0.25, 0.3) is 0 Å². The molecular weight excluding hydrogens is 172 g/mol. The first-order valence-electron chi connectivity index (χ1n) is 3.72. The first-order valence-corrected chi connectivity index (χ1v) is 5.09. The van der Waals surface area contributed by atoms with E-state index in [1.165, 1.54) is 0 Å². The van der Waals surface area contributed by atoms with E-state index in [2.05, 4.69) is 0 Å². The smallest absolute Gasteiger partial charge is 0.144 e. The number of hydrogen-bond acceptors (Lipinski definition) is 2. The second-order valence-electron chi connectivity index (χ2n) is 2.52. The largest absolute Gasteiger partial charge is 0.232 e. The minimum atomic E-state index is -2.30. The molecule has 0 atom stereocenters. The summed E-state index contributed by atoms with van der Waals surface area (Å²) in [5.41, 5.74) is 1.96. The lowest BCUT2D eigenvalue weighted by Gasteiger charge is -1.97. The molecule has 0 spiro atoms. The molecule has 0 aromatic heterocycles. The van der Waals surface area contributed by atoms with E-state index in [4.69, 9.17) is 0 Å². The zero-order valence-corrected chi connectivity index (χ0v) is 7.75. The maximum absolute atomic E-state index is 10.4. The van der Waals surface area contributed by atoms with Gasteiger partial charge >= 0.3 is 0 Å². The van der Waals surface area contributed by atoms with Gasteiger partial charge in [-0.15, -0.1) is 0 Å². The molecule has 1 aromatic rings. The molecule has 0 unspecified atom stereocenters. The SMILES string of the molecule is C[CH]c1ccc(C[SH](=O)=O)cc1. The van der Waals surface area contributed by atoms with Crippen molar-refractivity contribution in [1.29, 1.82) is 0 Å². The van der Waals surface area contributed by atoms with Gasteiger partial charge < -0.3 is 0 Å². The second-order valence-corrected chi connectivity index (χ2v) is 3.50. The Bertz CT molecular complexity index is 304. The average molecular weight is 183 g/mol. The highest BCUT2D eigenvalue weighted by molar-refractivity contribution is 7.71. The van der Waals surface area contributed by atoms with Gasteiger partial charge in [-0.3, -0.25) is 0 Å². The van der Waals surface area contributed by atoms with Crippen LogP contribution >= 0.6 is 0 Å². The lowest BCUT2D eigenvalue weighted by molar-refractivity contribution is 0.614. The summed E-state index contributed by atoms with van der Waals surface area (Å²) in [6.45, 7) is 1.95. The van der Waals surface area contributed by atoms with E-state index in [1.807, 2.05) is 37.6 Å². The van der Waals surface area contributed by atoms with Crippen molar-refractivity contribution >= 4 is 10.7 Å². The van der Waals surface area contributed by atoms with Crippen molar-refractivity contribution in [3.05, 3.63) is 41.8 Å². The first kappa shape index (κ1) is 9.26. The van der Waals surface area contributed by atoms with Gasteiger partial charge in [0.2, 0.25) is 0 Å². The van der Waals surface area contributed by atoms with Crippen molar-refractivity contribution in [3.8, 4) is 0 Å². The maximum atomic E-state index is 10.4. The van der Waals surface area contributed by atoms with E-state index in [0.717, 1.165) is 11.1 Å². The third-order valence-electron chi connectivity index (χ3n) is 1.62. The predicted molar refractivity (Wildman–Crippen MR) is 49.5 cm³/mol. The Morgan fingerprint density at radius 3 is 2.25 bits per heavy atom. The van der Waals surface area contributed by atoms with Crippen LogP contribution in [-0.2, 0) is 16.5 Å².